The first kappa shape index (κ1) is 17.9. The van der Waals surface area contributed by atoms with Gasteiger partial charge in [-0.3, -0.25) is 9.59 Å². The van der Waals surface area contributed by atoms with Gasteiger partial charge in [0, 0.05) is 12.0 Å². The van der Waals surface area contributed by atoms with Crippen molar-refractivity contribution >= 4 is 11.8 Å². The molecular weight excluding hydrogens is 344 g/mol. The summed E-state index contributed by atoms with van der Waals surface area (Å²) in [6, 6.07) is -0.00907. The smallest absolute Gasteiger partial charge is 0.242 e. The van der Waals surface area contributed by atoms with E-state index in [1.165, 1.54) is 19.3 Å². The highest BCUT2D eigenvalue weighted by Gasteiger charge is 2.54. The summed E-state index contributed by atoms with van der Waals surface area (Å²) in [6.45, 7) is 2.06. The number of nitrogens with zero attached hydrogens (tertiary/aromatic N) is 1. The number of likely N-dealkylation sites (tertiary alicyclic amines) is 1. The highest BCUT2D eigenvalue weighted by atomic mass is 16.7. The van der Waals surface area contributed by atoms with Crippen LogP contribution in [0.2, 0.25) is 0 Å². The summed E-state index contributed by atoms with van der Waals surface area (Å²) in [7, 11) is 0. The van der Waals surface area contributed by atoms with E-state index in [4.69, 9.17) is 9.47 Å². The molecule has 2 saturated heterocycles. The number of carbonyl (C=O) groups excluding carboxylic acids is 2. The van der Waals surface area contributed by atoms with Gasteiger partial charge in [-0.15, -0.1) is 0 Å². The van der Waals surface area contributed by atoms with Gasteiger partial charge in [0.25, 0.3) is 0 Å². The second-order valence-corrected chi connectivity index (χ2v) is 9.64. The van der Waals surface area contributed by atoms with E-state index in [1.54, 1.807) is 0 Å². The van der Waals surface area contributed by atoms with Crippen molar-refractivity contribution in [1.29, 1.82) is 0 Å². The Kier molecular flexibility index (Phi) is 4.67. The van der Waals surface area contributed by atoms with Gasteiger partial charge < -0.3 is 19.7 Å². The number of amides is 2. The Morgan fingerprint density at radius 2 is 1.59 bits per heavy atom. The summed E-state index contributed by atoms with van der Waals surface area (Å²) in [6.07, 6.45) is 9.80. The monoisotopic (exact) mass is 376 g/mol. The Morgan fingerprint density at radius 3 is 2.22 bits per heavy atom. The zero-order valence-corrected chi connectivity index (χ0v) is 16.2. The average molecular weight is 376 g/mol. The molecule has 6 nitrogen and oxygen atoms in total. The summed E-state index contributed by atoms with van der Waals surface area (Å²) in [5.41, 5.74) is -0.187. The lowest BCUT2D eigenvalue weighted by atomic mass is 9.49. The van der Waals surface area contributed by atoms with Gasteiger partial charge in [0.15, 0.2) is 6.29 Å². The second-order valence-electron chi connectivity index (χ2n) is 9.64. The lowest BCUT2D eigenvalue weighted by Crippen LogP contribution is -2.56. The Bertz CT molecular complexity index is 566. The molecule has 0 aromatic heterocycles. The van der Waals surface area contributed by atoms with E-state index in [2.05, 4.69) is 5.32 Å². The third-order valence-corrected chi connectivity index (χ3v) is 7.75. The van der Waals surface area contributed by atoms with Crippen LogP contribution < -0.4 is 5.32 Å². The molecule has 0 spiro atoms. The van der Waals surface area contributed by atoms with Crippen molar-refractivity contribution in [2.75, 3.05) is 26.3 Å². The van der Waals surface area contributed by atoms with Gasteiger partial charge in [-0.05, 0) is 75.5 Å². The first-order valence-electron chi connectivity index (χ1n) is 10.9. The van der Waals surface area contributed by atoms with Gasteiger partial charge in [0.2, 0.25) is 11.8 Å². The third-order valence-electron chi connectivity index (χ3n) is 7.75. The van der Waals surface area contributed by atoms with Crippen LogP contribution in [0, 0.1) is 23.2 Å². The van der Waals surface area contributed by atoms with E-state index in [0.29, 0.717) is 13.2 Å². The minimum atomic E-state index is -0.298. The highest BCUT2D eigenvalue weighted by molar-refractivity contribution is 5.88. The summed E-state index contributed by atoms with van der Waals surface area (Å²) in [5.74, 6) is 2.36. The van der Waals surface area contributed by atoms with Crippen molar-refractivity contribution in [3.63, 3.8) is 0 Å². The lowest BCUT2D eigenvalue weighted by molar-refractivity contribution is -0.153. The molecule has 2 heterocycles. The van der Waals surface area contributed by atoms with Crippen molar-refractivity contribution in [3.05, 3.63) is 0 Å². The van der Waals surface area contributed by atoms with E-state index in [1.807, 2.05) is 4.90 Å². The molecule has 4 aliphatic carbocycles. The topological polar surface area (TPSA) is 67.9 Å². The quantitative estimate of drug-likeness (QED) is 0.816. The molecule has 150 valence electrons. The van der Waals surface area contributed by atoms with E-state index in [-0.39, 0.29) is 36.1 Å². The molecule has 4 saturated carbocycles. The minimum absolute atomic E-state index is 0.00907. The predicted molar refractivity (Wildman–Crippen MR) is 98.7 cm³/mol. The van der Waals surface area contributed by atoms with Crippen molar-refractivity contribution in [3.8, 4) is 0 Å². The molecule has 1 N–H and O–H groups in total. The van der Waals surface area contributed by atoms with Crippen LogP contribution in [0.25, 0.3) is 0 Å². The fourth-order valence-corrected chi connectivity index (χ4v) is 6.98. The normalized spacial score (nSPS) is 41.1. The molecule has 27 heavy (non-hydrogen) atoms. The summed E-state index contributed by atoms with van der Waals surface area (Å²) >= 11 is 0. The molecule has 0 aromatic rings. The van der Waals surface area contributed by atoms with E-state index < -0.39 is 0 Å². The first-order valence-corrected chi connectivity index (χ1v) is 10.9. The Hall–Kier alpha value is -1.14. The van der Waals surface area contributed by atoms with E-state index >= 15 is 0 Å². The number of hydrogen-bond donors (Lipinski definition) is 1. The highest BCUT2D eigenvalue weighted by Crippen LogP contribution is 2.60. The van der Waals surface area contributed by atoms with Crippen LogP contribution in [0.4, 0.5) is 0 Å². The molecule has 6 rings (SSSR count). The molecule has 2 amide bonds. The maximum atomic E-state index is 13.1. The molecule has 2 aliphatic heterocycles. The van der Waals surface area contributed by atoms with Gasteiger partial charge in [0.05, 0.1) is 25.8 Å². The number of rotatable bonds is 4. The van der Waals surface area contributed by atoms with Crippen LogP contribution in [0.5, 0.6) is 0 Å². The van der Waals surface area contributed by atoms with Crippen molar-refractivity contribution in [2.45, 2.75) is 70.1 Å². The number of nitrogens with one attached hydrogen (secondary N) is 1. The maximum Gasteiger partial charge on any atom is 0.242 e. The molecule has 4 bridgehead atoms. The molecule has 0 radical (unpaired) electrons. The Labute approximate surface area is 161 Å². The van der Waals surface area contributed by atoms with Crippen molar-refractivity contribution in [2.24, 2.45) is 23.2 Å². The number of carbonyl (C=O) groups is 2. The van der Waals surface area contributed by atoms with Crippen LogP contribution in [-0.4, -0.2) is 55.3 Å². The largest absolute Gasteiger partial charge is 0.348 e. The van der Waals surface area contributed by atoms with Gasteiger partial charge in [-0.1, -0.05) is 0 Å². The molecular formula is C21H32N2O4. The molecule has 0 aromatic carbocycles. The van der Waals surface area contributed by atoms with E-state index in [0.717, 1.165) is 62.8 Å². The van der Waals surface area contributed by atoms with Crippen LogP contribution >= 0.6 is 0 Å². The van der Waals surface area contributed by atoms with Gasteiger partial charge in [-0.25, -0.2) is 0 Å². The van der Waals surface area contributed by atoms with Crippen molar-refractivity contribution < 1.29 is 19.1 Å². The SMILES string of the molecule is O=C(CNC(=O)C12CC3CC(CC(C3)C1)C2)N1CCCCC1C1OCCO1. The Balaban J connectivity index is 1.20. The van der Waals surface area contributed by atoms with Crippen LogP contribution in [0.15, 0.2) is 0 Å². The summed E-state index contributed by atoms with van der Waals surface area (Å²) < 4.78 is 11.3. The maximum absolute atomic E-state index is 13.1. The standard InChI is InChI=1S/C21H32N2O4/c24-18(23-4-2-1-3-17(23)19-26-5-6-27-19)13-22-20(25)21-10-14-7-15(11-21)9-16(8-14)12-21/h14-17,19H,1-13H2,(H,22,25). The molecule has 6 aliphatic rings. The third kappa shape index (κ3) is 3.29. The average Bonchev–Trinajstić information content (AvgIpc) is 3.19. The minimum Gasteiger partial charge on any atom is -0.348 e. The van der Waals surface area contributed by atoms with E-state index in [9.17, 15) is 9.59 Å². The lowest BCUT2D eigenvalue weighted by Gasteiger charge is -2.55. The fraction of sp³-hybridized carbons (Fsp3) is 0.905. The zero-order chi connectivity index (χ0) is 18.4. The molecule has 1 unspecified atom stereocenters. The summed E-state index contributed by atoms with van der Waals surface area (Å²) in [4.78, 5) is 27.9. The van der Waals surface area contributed by atoms with Gasteiger partial charge >= 0.3 is 0 Å². The first-order chi connectivity index (χ1) is 13.1. The van der Waals surface area contributed by atoms with Crippen LogP contribution in [0.3, 0.4) is 0 Å². The fourth-order valence-electron chi connectivity index (χ4n) is 6.98. The molecule has 6 heteroatoms. The van der Waals surface area contributed by atoms with Gasteiger partial charge in [0.1, 0.15) is 0 Å². The van der Waals surface area contributed by atoms with Crippen LogP contribution in [-0.2, 0) is 19.1 Å². The zero-order valence-electron chi connectivity index (χ0n) is 16.2. The number of piperidine rings is 1. The number of hydrogen-bond acceptors (Lipinski definition) is 4. The molecule has 6 fully saturated rings. The second kappa shape index (κ2) is 7.03. The summed E-state index contributed by atoms with van der Waals surface area (Å²) in [5, 5.41) is 3.04. The molecule has 1 atom stereocenters. The number of ether oxygens (including phenoxy) is 2. The van der Waals surface area contributed by atoms with Crippen molar-refractivity contribution in [1.82, 2.24) is 10.2 Å². The van der Waals surface area contributed by atoms with Gasteiger partial charge in [-0.2, -0.15) is 0 Å². The Morgan fingerprint density at radius 1 is 0.963 bits per heavy atom. The van der Waals surface area contributed by atoms with Crippen LogP contribution in [0.1, 0.15) is 57.8 Å². The predicted octanol–water partition coefficient (Wildman–Crippen LogP) is 2.07.